The predicted octanol–water partition coefficient (Wildman–Crippen LogP) is -23.8. The Kier molecular flexibility index (Phi) is 128. The molecule has 0 atom stereocenters. The minimum absolute atomic E-state index is 0. The number of hydrogen-bond donors (Lipinski definition) is 0. The van der Waals surface area contributed by atoms with Gasteiger partial charge in [0.15, 0.2) is 0 Å². The molecule has 0 aromatic rings. The van der Waals surface area contributed by atoms with E-state index in [9.17, 15) is 0 Å². The maximum absolute atomic E-state index is 8.55. The summed E-state index contributed by atoms with van der Waals surface area (Å²) in [5.74, 6) is 0. The zero-order valence-electron chi connectivity index (χ0n) is 21.2. The standard InChI is InChI=1S/3Ba.3Ni.8H3O4P.3Zr/c;;;;;;8*1-5(2,3)4;;;/h;;;;;;8*(H3,1,2,3,4);;;/q6*+2;;;;;;;;;3*+4/p-24. The average Bonchev–Trinajstić information content (AvgIpc) is 2.16. The van der Waals surface area contributed by atoms with E-state index in [0.29, 0.717) is 0 Å². The minimum atomic E-state index is -5.39. The van der Waals surface area contributed by atoms with Crippen LogP contribution in [-0.4, -0.2) is 147 Å². The van der Waals surface area contributed by atoms with Crippen LogP contribution in [0.1, 0.15) is 0 Å². The largest absolute Gasteiger partial charge is 4.00 e. The van der Waals surface area contributed by atoms with Gasteiger partial charge in [0.25, 0.3) is 0 Å². The molecule has 49 heavy (non-hydrogen) atoms. The molecule has 0 saturated heterocycles. The Balaban J connectivity index is -0.0000000155. The van der Waals surface area contributed by atoms with Crippen LogP contribution in [0.2, 0.25) is 0 Å². The maximum Gasteiger partial charge on any atom is 4.00 e. The van der Waals surface area contributed by atoms with Crippen LogP contribution in [0.15, 0.2) is 0 Å². The summed E-state index contributed by atoms with van der Waals surface area (Å²) < 4.78 is 68.4. The van der Waals surface area contributed by atoms with Gasteiger partial charge in [-0.2, -0.15) is 62.6 Å². The third-order valence-electron chi connectivity index (χ3n) is 0. The molecule has 0 bridgehead atoms. The van der Waals surface area contributed by atoms with Crippen molar-refractivity contribution in [1.82, 2.24) is 0 Å². The zero-order valence-corrected chi connectivity index (χ0v) is 52.0. The van der Waals surface area contributed by atoms with Crippen LogP contribution in [0.5, 0.6) is 0 Å². The van der Waals surface area contributed by atoms with Crippen molar-refractivity contribution in [2.24, 2.45) is 0 Å². The Labute approximate surface area is 480 Å². The molecule has 0 N–H and O–H groups in total. The topological polar surface area (TPSA) is 690 Å². The summed E-state index contributed by atoms with van der Waals surface area (Å²) in [6.07, 6.45) is 0. The van der Waals surface area contributed by atoms with Crippen LogP contribution >= 0.6 is 62.6 Å². The van der Waals surface area contributed by atoms with E-state index in [1.54, 1.807) is 0 Å². The number of hydrogen-bond acceptors (Lipinski definition) is 32. The van der Waals surface area contributed by atoms with Gasteiger partial charge in [0, 0.05) is 0 Å². The van der Waals surface area contributed by atoms with Gasteiger partial charge in [0.05, 0.1) is 0 Å². The van der Waals surface area contributed by atoms with Gasteiger partial charge in [-0.15, -0.1) is 0 Å². The molecule has 0 amide bonds. The van der Waals surface area contributed by atoms with Gasteiger partial charge in [0.1, 0.15) is 0 Å². The first-order valence-corrected chi connectivity index (χ1v) is 17.5. The quantitative estimate of drug-likeness (QED) is 0.160. The smallest absolute Gasteiger partial charge is 0.822 e. The average molecular weight is 1620 g/mol. The molecule has 0 spiro atoms. The van der Waals surface area contributed by atoms with E-state index in [1.165, 1.54) is 0 Å². The molecule has 0 heterocycles. The third-order valence-corrected chi connectivity index (χ3v) is 0. The third kappa shape index (κ3) is 1900. The number of phosphoric acid groups is 8. The van der Waals surface area contributed by atoms with Crippen molar-refractivity contribution in [3.63, 3.8) is 0 Å². The number of rotatable bonds is 0. The first-order valence-electron chi connectivity index (χ1n) is 5.84. The Hall–Kier alpha value is 9.72. The molecule has 0 aliphatic heterocycles. The fraction of sp³-hybridized carbons (Fsp3) is 0. The van der Waals surface area contributed by atoms with Crippen LogP contribution < -0.4 is 117 Å². The Morgan fingerprint density at radius 1 is 0.184 bits per heavy atom. The fourth-order valence-corrected chi connectivity index (χ4v) is 0. The van der Waals surface area contributed by atoms with Crippen molar-refractivity contribution in [2.75, 3.05) is 0 Å². The molecule has 32 nitrogen and oxygen atoms in total. The van der Waals surface area contributed by atoms with E-state index in [-0.39, 0.29) is 275 Å². The van der Waals surface area contributed by atoms with Gasteiger partial charge in [-0.25, -0.2) is 0 Å². The summed E-state index contributed by atoms with van der Waals surface area (Å²) in [4.78, 5) is 205. The first kappa shape index (κ1) is 112. The Morgan fingerprint density at radius 2 is 0.184 bits per heavy atom. The van der Waals surface area contributed by atoms with Crippen molar-refractivity contribution in [3.05, 3.63) is 0 Å². The van der Waals surface area contributed by atoms with E-state index in [4.69, 9.17) is 154 Å². The molecule has 49 heteroatoms. The molecular formula is Ba3Ni3O32P8Zr3. The van der Waals surface area contributed by atoms with Gasteiger partial charge in [-0.1, -0.05) is 0 Å². The summed E-state index contributed by atoms with van der Waals surface area (Å²) in [5, 5.41) is 0. The minimum Gasteiger partial charge on any atom is -0.822 e. The molecule has 280 valence electrons. The van der Waals surface area contributed by atoms with E-state index < -0.39 is 62.6 Å². The van der Waals surface area contributed by atoms with Crippen molar-refractivity contribution in [2.45, 2.75) is 0 Å². The molecule has 0 saturated carbocycles. The monoisotopic (exact) mass is 1620 g/mol. The summed E-state index contributed by atoms with van der Waals surface area (Å²) >= 11 is 0. The van der Waals surface area contributed by atoms with Crippen LogP contribution in [0.3, 0.4) is 0 Å². The van der Waals surface area contributed by atoms with Crippen molar-refractivity contribution < 1.29 is 282 Å². The summed E-state index contributed by atoms with van der Waals surface area (Å²) in [6.45, 7) is 0. The molecule has 0 aliphatic rings. The maximum atomic E-state index is 8.55. The zero-order chi connectivity index (χ0) is 36.0. The van der Waals surface area contributed by atoms with Gasteiger partial charge in [-0.05, 0) is 0 Å². The predicted molar refractivity (Wildman–Crippen MR) is 78.1 cm³/mol. The molecular weight excluding hydrogens is 1620 g/mol. The van der Waals surface area contributed by atoms with Crippen LogP contribution in [0, 0.1) is 0 Å². The van der Waals surface area contributed by atoms with E-state index in [1.807, 2.05) is 0 Å². The molecule has 0 aromatic heterocycles. The SMILES string of the molecule is O=P([O-])([O-])[O-].O=P([O-])([O-])[O-].O=P([O-])([O-])[O-].O=P([O-])([O-])[O-].O=P([O-])([O-])[O-].O=P([O-])([O-])[O-].O=P([O-])([O-])[O-].O=P([O-])([O-])[O-].[Ba+2].[Ba+2].[Ba+2].[Ni+2].[Ni+2].[Ni+2].[Zr+4].[Zr+4].[Zr+4]. The molecule has 0 fully saturated rings. The molecule has 0 rings (SSSR count). The molecule has 0 radical (unpaired) electrons. The van der Waals surface area contributed by atoms with Crippen molar-refractivity contribution >= 4 is 209 Å². The van der Waals surface area contributed by atoms with Crippen LogP contribution in [-0.2, 0) is 165 Å². The summed E-state index contributed by atoms with van der Waals surface area (Å²) in [5.41, 5.74) is 0. The normalized spacial score (nSPS) is 9.63. The first-order chi connectivity index (χ1) is 16.0. The summed E-state index contributed by atoms with van der Waals surface area (Å²) in [7, 11) is -43.1. The Morgan fingerprint density at radius 3 is 0.184 bits per heavy atom. The molecule has 0 unspecified atom stereocenters. The Bertz CT molecular complexity index is 686. The summed E-state index contributed by atoms with van der Waals surface area (Å²) in [6, 6.07) is 0. The van der Waals surface area contributed by atoms with Crippen LogP contribution in [0.25, 0.3) is 0 Å². The van der Waals surface area contributed by atoms with Crippen molar-refractivity contribution in [3.8, 4) is 0 Å². The van der Waals surface area contributed by atoms with E-state index >= 15 is 0 Å². The molecule has 0 aliphatic carbocycles. The molecule has 0 aromatic carbocycles. The van der Waals surface area contributed by atoms with Crippen LogP contribution in [0.4, 0.5) is 0 Å². The van der Waals surface area contributed by atoms with Gasteiger partial charge >= 0.3 is 275 Å². The second kappa shape index (κ2) is 55.7. The second-order valence-corrected chi connectivity index (χ2v) is 10.7. The van der Waals surface area contributed by atoms with E-state index in [0.717, 1.165) is 0 Å². The van der Waals surface area contributed by atoms with Gasteiger partial charge in [0.2, 0.25) is 0 Å². The second-order valence-electron chi connectivity index (χ2n) is 3.58. The fourth-order valence-electron chi connectivity index (χ4n) is 0. The van der Waals surface area contributed by atoms with Gasteiger partial charge < -0.3 is 154 Å². The van der Waals surface area contributed by atoms with Crippen molar-refractivity contribution in [1.29, 1.82) is 0 Å². The van der Waals surface area contributed by atoms with E-state index in [2.05, 4.69) is 0 Å². The van der Waals surface area contributed by atoms with Gasteiger partial charge in [-0.3, -0.25) is 0 Å².